The molecule has 0 unspecified atom stereocenters. The van der Waals surface area contributed by atoms with Crippen LogP contribution in [-0.4, -0.2) is 47.5 Å². The quantitative estimate of drug-likeness (QED) is 0.568. The van der Waals surface area contributed by atoms with Crippen molar-refractivity contribution in [2.24, 2.45) is 0 Å². The first-order valence-corrected chi connectivity index (χ1v) is 10.6. The summed E-state index contributed by atoms with van der Waals surface area (Å²) in [7, 11) is 3.15. The molecule has 3 heterocycles. The monoisotopic (exact) mass is 417 g/mol. The number of benzene rings is 1. The van der Waals surface area contributed by atoms with Crippen molar-refractivity contribution < 1.29 is 18.7 Å². The van der Waals surface area contributed by atoms with E-state index in [-0.39, 0.29) is 11.7 Å². The zero-order valence-corrected chi connectivity index (χ0v) is 17.1. The maximum atomic E-state index is 12.5. The molecule has 0 fully saturated rings. The molecule has 9 heteroatoms. The lowest BCUT2D eigenvalue weighted by molar-refractivity contribution is -0.129. The number of fused-ring (bicyclic) bond motifs is 1. The lowest BCUT2D eigenvalue weighted by atomic mass is 10.1. The summed E-state index contributed by atoms with van der Waals surface area (Å²) in [5, 5.41) is 10.6. The molecule has 1 aromatic carbocycles. The van der Waals surface area contributed by atoms with Crippen molar-refractivity contribution in [3.63, 3.8) is 0 Å². The van der Waals surface area contributed by atoms with Gasteiger partial charge in [0, 0.05) is 23.5 Å². The van der Waals surface area contributed by atoms with Gasteiger partial charge in [-0.05, 0) is 41.6 Å². The fraction of sp³-hybridized carbons (Fsp3) is 0.316. The molecule has 1 aliphatic rings. The number of amides is 1. The van der Waals surface area contributed by atoms with Crippen molar-refractivity contribution in [3.05, 3.63) is 40.1 Å². The molecular formula is C19H19N3O4S2. The van der Waals surface area contributed by atoms with Crippen molar-refractivity contribution in [1.29, 1.82) is 0 Å². The smallest absolute Gasteiger partial charge is 0.277 e. The molecule has 1 amide bonds. The highest BCUT2D eigenvalue weighted by Gasteiger charge is 2.22. The van der Waals surface area contributed by atoms with Crippen molar-refractivity contribution >= 4 is 29.0 Å². The second-order valence-electron chi connectivity index (χ2n) is 6.17. The van der Waals surface area contributed by atoms with Gasteiger partial charge in [0.1, 0.15) is 0 Å². The number of carbonyl (C=O) groups excluding carboxylic acids is 1. The van der Waals surface area contributed by atoms with Crippen LogP contribution in [0.15, 0.2) is 39.3 Å². The van der Waals surface area contributed by atoms with E-state index in [4.69, 9.17) is 13.9 Å². The van der Waals surface area contributed by atoms with Gasteiger partial charge in [0.15, 0.2) is 11.5 Å². The maximum absolute atomic E-state index is 12.5. The van der Waals surface area contributed by atoms with Gasteiger partial charge in [-0.25, -0.2) is 0 Å². The van der Waals surface area contributed by atoms with E-state index >= 15 is 0 Å². The molecule has 4 rings (SSSR count). The van der Waals surface area contributed by atoms with Crippen LogP contribution >= 0.6 is 23.1 Å². The van der Waals surface area contributed by atoms with Gasteiger partial charge in [-0.2, -0.15) is 0 Å². The van der Waals surface area contributed by atoms with Crippen LogP contribution in [0.2, 0.25) is 0 Å². The molecule has 0 bridgehead atoms. The summed E-state index contributed by atoms with van der Waals surface area (Å²) in [6, 6.07) is 7.47. The molecule has 2 aromatic heterocycles. The molecule has 28 heavy (non-hydrogen) atoms. The predicted octanol–water partition coefficient (Wildman–Crippen LogP) is 3.49. The van der Waals surface area contributed by atoms with Crippen LogP contribution < -0.4 is 9.47 Å². The zero-order valence-electron chi connectivity index (χ0n) is 15.5. The van der Waals surface area contributed by atoms with E-state index in [9.17, 15) is 4.79 Å². The first kappa shape index (κ1) is 18.8. The first-order chi connectivity index (χ1) is 13.7. The number of thiophene rings is 1. The minimum Gasteiger partial charge on any atom is -0.493 e. The van der Waals surface area contributed by atoms with Crippen LogP contribution in [0.4, 0.5) is 0 Å². The number of methoxy groups -OCH3 is 2. The fourth-order valence-corrected chi connectivity index (χ4v) is 4.59. The third-order valence-corrected chi connectivity index (χ3v) is 6.34. The number of carbonyl (C=O) groups is 1. The average molecular weight is 418 g/mol. The lowest BCUT2D eigenvalue weighted by Gasteiger charge is -2.26. The second kappa shape index (κ2) is 8.24. The number of hydrogen-bond donors (Lipinski definition) is 0. The van der Waals surface area contributed by atoms with Crippen molar-refractivity contribution in [3.8, 4) is 23.0 Å². The van der Waals surface area contributed by atoms with E-state index in [0.29, 0.717) is 29.2 Å². The number of rotatable bonds is 6. The Morgan fingerprint density at radius 1 is 1.25 bits per heavy atom. The fourth-order valence-electron chi connectivity index (χ4n) is 3.03. The van der Waals surface area contributed by atoms with Crippen LogP contribution in [0.5, 0.6) is 11.5 Å². The van der Waals surface area contributed by atoms with Gasteiger partial charge in [0.05, 0.1) is 20.0 Å². The van der Waals surface area contributed by atoms with Crippen LogP contribution in [0.1, 0.15) is 10.4 Å². The van der Waals surface area contributed by atoms with Gasteiger partial charge in [-0.3, -0.25) is 4.79 Å². The lowest BCUT2D eigenvalue weighted by Crippen LogP contribution is -2.36. The summed E-state index contributed by atoms with van der Waals surface area (Å²) in [5.74, 6) is 1.93. The topological polar surface area (TPSA) is 77.7 Å². The van der Waals surface area contributed by atoms with Gasteiger partial charge < -0.3 is 18.8 Å². The van der Waals surface area contributed by atoms with Crippen molar-refractivity contribution in [2.45, 2.75) is 18.2 Å². The Morgan fingerprint density at radius 2 is 2.11 bits per heavy atom. The minimum absolute atomic E-state index is 0.0766. The molecule has 0 saturated heterocycles. The van der Waals surface area contributed by atoms with Gasteiger partial charge >= 0.3 is 0 Å². The Morgan fingerprint density at radius 3 is 2.93 bits per heavy atom. The van der Waals surface area contributed by atoms with Gasteiger partial charge in [-0.15, -0.1) is 21.5 Å². The normalized spacial score (nSPS) is 13.3. The highest BCUT2D eigenvalue weighted by atomic mass is 32.2. The Hall–Kier alpha value is -2.52. The van der Waals surface area contributed by atoms with E-state index in [2.05, 4.69) is 21.6 Å². The third-order valence-electron chi connectivity index (χ3n) is 4.52. The Balaban J connectivity index is 1.38. The van der Waals surface area contributed by atoms with Crippen LogP contribution in [0.25, 0.3) is 11.5 Å². The van der Waals surface area contributed by atoms with E-state index in [0.717, 1.165) is 18.5 Å². The van der Waals surface area contributed by atoms with Crippen molar-refractivity contribution in [2.75, 3.05) is 26.5 Å². The maximum Gasteiger partial charge on any atom is 0.277 e. The van der Waals surface area contributed by atoms with Crippen LogP contribution in [0.3, 0.4) is 0 Å². The minimum atomic E-state index is 0.0766. The molecule has 146 valence electrons. The van der Waals surface area contributed by atoms with Crippen molar-refractivity contribution in [1.82, 2.24) is 15.1 Å². The average Bonchev–Trinajstić information content (AvgIpc) is 3.40. The standard InChI is InChI=1S/C19H19N3O4S2/c1-24-14-4-3-12(9-15(14)25-2)18-20-21-19(26-18)28-11-17(23)22-7-5-16-13(10-22)6-8-27-16/h3-4,6,8-9H,5,7,10-11H2,1-2H3. The largest absolute Gasteiger partial charge is 0.493 e. The molecule has 0 aliphatic carbocycles. The van der Waals surface area contributed by atoms with Crippen LogP contribution in [0, 0.1) is 0 Å². The number of ether oxygens (including phenoxy) is 2. The molecule has 0 saturated carbocycles. The number of thioether (sulfide) groups is 1. The number of nitrogens with zero attached hydrogens (tertiary/aromatic N) is 3. The summed E-state index contributed by atoms with van der Waals surface area (Å²) in [6.45, 7) is 1.44. The first-order valence-electron chi connectivity index (χ1n) is 8.69. The number of aromatic nitrogens is 2. The number of hydrogen-bond acceptors (Lipinski definition) is 8. The van der Waals surface area contributed by atoms with E-state index < -0.39 is 0 Å². The third kappa shape index (κ3) is 3.85. The molecule has 0 atom stereocenters. The zero-order chi connectivity index (χ0) is 19.5. The predicted molar refractivity (Wildman–Crippen MR) is 107 cm³/mol. The SMILES string of the molecule is COc1ccc(-c2nnc(SCC(=O)N3CCc4sccc4C3)o2)cc1OC. The molecule has 0 spiro atoms. The highest BCUT2D eigenvalue weighted by molar-refractivity contribution is 7.99. The Kier molecular flexibility index (Phi) is 5.54. The highest BCUT2D eigenvalue weighted by Crippen LogP contribution is 2.32. The molecule has 0 N–H and O–H groups in total. The molecule has 3 aromatic rings. The Labute approximate surface area is 170 Å². The van der Waals surface area contributed by atoms with Gasteiger partial charge in [0.2, 0.25) is 11.8 Å². The van der Waals surface area contributed by atoms with Gasteiger partial charge in [0.25, 0.3) is 5.22 Å². The summed E-state index contributed by atoms with van der Waals surface area (Å²) < 4.78 is 16.2. The summed E-state index contributed by atoms with van der Waals surface area (Å²) >= 11 is 3.02. The van der Waals surface area contributed by atoms with E-state index in [1.807, 2.05) is 11.0 Å². The molecule has 1 aliphatic heterocycles. The van der Waals surface area contributed by atoms with E-state index in [1.54, 1.807) is 37.7 Å². The molecule has 7 nitrogen and oxygen atoms in total. The van der Waals surface area contributed by atoms with Gasteiger partial charge in [-0.1, -0.05) is 11.8 Å². The molecular weight excluding hydrogens is 398 g/mol. The second-order valence-corrected chi connectivity index (χ2v) is 8.09. The molecule has 0 radical (unpaired) electrons. The van der Waals surface area contributed by atoms with Crippen LogP contribution in [-0.2, 0) is 17.8 Å². The summed E-state index contributed by atoms with van der Waals surface area (Å²) in [6.07, 6.45) is 0.924. The Bertz CT molecular complexity index is 985. The van der Waals surface area contributed by atoms with E-state index in [1.165, 1.54) is 22.2 Å². The summed E-state index contributed by atoms with van der Waals surface area (Å²) in [5.41, 5.74) is 1.98. The summed E-state index contributed by atoms with van der Waals surface area (Å²) in [4.78, 5) is 15.8.